The van der Waals surface area contributed by atoms with Crippen molar-refractivity contribution in [3.05, 3.63) is 41.5 Å². The average molecular weight is 176 g/mol. The fourth-order valence-corrected chi connectivity index (χ4v) is 1.43. The summed E-state index contributed by atoms with van der Waals surface area (Å²) >= 11 is 0. The minimum absolute atomic E-state index is 0.102. The number of aryl methyl sites for hydroxylation is 2. The molecule has 0 amide bonds. The Bertz CT molecular complexity index is 341. The number of phenols is 1. The molecule has 1 aromatic rings. The van der Waals surface area contributed by atoms with E-state index in [0.29, 0.717) is 5.56 Å². The monoisotopic (exact) mass is 176 g/mol. The van der Waals surface area contributed by atoms with Crippen molar-refractivity contribution >= 4 is 5.78 Å². The van der Waals surface area contributed by atoms with Gasteiger partial charge in [-0.15, -0.1) is 0 Å². The summed E-state index contributed by atoms with van der Waals surface area (Å²) < 4.78 is 0. The molecule has 0 bridgehead atoms. The lowest BCUT2D eigenvalue weighted by molar-refractivity contribution is 0.104. The van der Waals surface area contributed by atoms with Crippen LogP contribution in [0.1, 0.15) is 21.5 Å². The molecular weight excluding hydrogens is 164 g/mol. The van der Waals surface area contributed by atoms with Gasteiger partial charge in [0, 0.05) is 5.56 Å². The first-order chi connectivity index (χ1) is 6.06. The summed E-state index contributed by atoms with van der Waals surface area (Å²) in [5, 5.41) is 9.24. The van der Waals surface area contributed by atoms with Crippen LogP contribution in [0.3, 0.4) is 0 Å². The Hall–Kier alpha value is -1.57. The largest absolute Gasteiger partial charge is 0.508 e. The number of rotatable bonds is 2. The average Bonchev–Trinajstić information content (AvgIpc) is 2.02. The van der Waals surface area contributed by atoms with E-state index >= 15 is 0 Å². The van der Waals surface area contributed by atoms with Crippen molar-refractivity contribution < 1.29 is 9.90 Å². The Morgan fingerprint density at radius 1 is 1.38 bits per heavy atom. The van der Waals surface area contributed by atoms with Crippen LogP contribution in [0.25, 0.3) is 0 Å². The fraction of sp³-hybridized carbons (Fsp3) is 0.182. The van der Waals surface area contributed by atoms with Gasteiger partial charge in [-0.2, -0.15) is 0 Å². The van der Waals surface area contributed by atoms with Crippen LogP contribution in [0, 0.1) is 13.8 Å². The van der Waals surface area contributed by atoms with Gasteiger partial charge in [-0.25, -0.2) is 0 Å². The smallest absolute Gasteiger partial charge is 0.185 e. The van der Waals surface area contributed by atoms with E-state index in [1.54, 1.807) is 26.0 Å². The van der Waals surface area contributed by atoms with Gasteiger partial charge >= 0.3 is 0 Å². The molecule has 0 atom stereocenters. The van der Waals surface area contributed by atoms with Crippen LogP contribution in [-0.4, -0.2) is 10.9 Å². The second kappa shape index (κ2) is 3.44. The third-order valence-corrected chi connectivity index (χ3v) is 1.95. The number of benzene rings is 1. The highest BCUT2D eigenvalue weighted by molar-refractivity contribution is 6.06. The van der Waals surface area contributed by atoms with Gasteiger partial charge < -0.3 is 5.11 Å². The number of phenolic OH excluding ortho intramolecular Hbond substituents is 1. The SMILES string of the molecule is C=CC(=O)c1c(C)cc(O)cc1C. The van der Waals surface area contributed by atoms with E-state index in [4.69, 9.17) is 0 Å². The molecule has 0 aromatic heterocycles. The third-order valence-electron chi connectivity index (χ3n) is 1.95. The van der Waals surface area contributed by atoms with Crippen LogP contribution >= 0.6 is 0 Å². The van der Waals surface area contributed by atoms with E-state index in [2.05, 4.69) is 6.58 Å². The fourth-order valence-electron chi connectivity index (χ4n) is 1.43. The van der Waals surface area contributed by atoms with Crippen molar-refractivity contribution in [1.29, 1.82) is 0 Å². The molecule has 0 spiro atoms. The van der Waals surface area contributed by atoms with Crippen molar-refractivity contribution in [2.24, 2.45) is 0 Å². The van der Waals surface area contributed by atoms with Gasteiger partial charge in [0.25, 0.3) is 0 Å². The summed E-state index contributed by atoms with van der Waals surface area (Å²) in [7, 11) is 0. The Balaban J connectivity index is 3.36. The number of carbonyl (C=O) groups is 1. The molecule has 0 heterocycles. The lowest BCUT2D eigenvalue weighted by atomic mass is 9.99. The Morgan fingerprint density at radius 3 is 2.23 bits per heavy atom. The second-order valence-corrected chi connectivity index (χ2v) is 3.02. The highest BCUT2D eigenvalue weighted by Crippen LogP contribution is 2.21. The van der Waals surface area contributed by atoms with Crippen molar-refractivity contribution in [3.8, 4) is 5.75 Å². The standard InChI is InChI=1S/C11H12O2/c1-4-10(13)11-7(2)5-9(12)6-8(11)3/h4-6,12H,1H2,2-3H3. The maximum Gasteiger partial charge on any atom is 0.185 e. The molecule has 1 rings (SSSR count). The van der Waals surface area contributed by atoms with Crippen LogP contribution in [0.4, 0.5) is 0 Å². The minimum Gasteiger partial charge on any atom is -0.508 e. The minimum atomic E-state index is -0.102. The molecule has 0 aliphatic heterocycles. The predicted octanol–water partition coefficient (Wildman–Crippen LogP) is 2.38. The molecule has 13 heavy (non-hydrogen) atoms. The predicted molar refractivity (Wildman–Crippen MR) is 52.1 cm³/mol. The van der Waals surface area contributed by atoms with E-state index in [1.165, 1.54) is 6.08 Å². The van der Waals surface area contributed by atoms with Crippen LogP contribution in [0.15, 0.2) is 24.8 Å². The summed E-state index contributed by atoms with van der Waals surface area (Å²) in [5.41, 5.74) is 2.19. The number of hydrogen-bond acceptors (Lipinski definition) is 2. The van der Waals surface area contributed by atoms with E-state index < -0.39 is 0 Å². The van der Waals surface area contributed by atoms with Crippen molar-refractivity contribution in [3.63, 3.8) is 0 Å². The van der Waals surface area contributed by atoms with Gasteiger partial charge in [0.05, 0.1) is 0 Å². The first kappa shape index (κ1) is 9.52. The van der Waals surface area contributed by atoms with Crippen LogP contribution in [0.2, 0.25) is 0 Å². The molecule has 0 unspecified atom stereocenters. The zero-order valence-corrected chi connectivity index (χ0v) is 7.79. The Morgan fingerprint density at radius 2 is 1.85 bits per heavy atom. The lowest BCUT2D eigenvalue weighted by Gasteiger charge is -2.06. The quantitative estimate of drug-likeness (QED) is 0.555. The van der Waals surface area contributed by atoms with E-state index in [-0.39, 0.29) is 11.5 Å². The zero-order valence-electron chi connectivity index (χ0n) is 7.79. The van der Waals surface area contributed by atoms with Gasteiger partial charge in [0.2, 0.25) is 0 Å². The number of hydrogen-bond donors (Lipinski definition) is 1. The van der Waals surface area contributed by atoms with Crippen LogP contribution in [-0.2, 0) is 0 Å². The molecule has 0 fully saturated rings. The number of aromatic hydroxyl groups is 1. The topological polar surface area (TPSA) is 37.3 Å². The first-order valence-electron chi connectivity index (χ1n) is 4.03. The molecule has 1 aromatic carbocycles. The maximum atomic E-state index is 11.4. The molecular formula is C11H12O2. The summed E-state index contributed by atoms with van der Waals surface area (Å²) in [6, 6.07) is 3.15. The third kappa shape index (κ3) is 1.78. The van der Waals surface area contributed by atoms with Gasteiger partial charge in [-0.3, -0.25) is 4.79 Å². The summed E-state index contributed by atoms with van der Waals surface area (Å²) in [5.74, 6) is 0.0885. The molecule has 0 aliphatic rings. The normalized spacial score (nSPS) is 9.69. The number of allylic oxidation sites excluding steroid dienone is 1. The Labute approximate surface area is 77.5 Å². The van der Waals surface area contributed by atoms with Crippen LogP contribution in [0.5, 0.6) is 5.75 Å². The molecule has 2 nitrogen and oxygen atoms in total. The van der Waals surface area contributed by atoms with Gasteiger partial charge in [-0.05, 0) is 43.2 Å². The van der Waals surface area contributed by atoms with Crippen molar-refractivity contribution in [1.82, 2.24) is 0 Å². The van der Waals surface area contributed by atoms with Gasteiger partial charge in [0.1, 0.15) is 5.75 Å². The summed E-state index contributed by atoms with van der Waals surface area (Å²) in [6.45, 7) is 7.02. The molecule has 68 valence electrons. The molecule has 0 saturated carbocycles. The highest BCUT2D eigenvalue weighted by Gasteiger charge is 2.09. The summed E-state index contributed by atoms with van der Waals surface area (Å²) in [6.07, 6.45) is 1.28. The highest BCUT2D eigenvalue weighted by atomic mass is 16.3. The molecule has 0 radical (unpaired) electrons. The van der Waals surface area contributed by atoms with E-state index in [1.807, 2.05) is 0 Å². The lowest BCUT2D eigenvalue weighted by Crippen LogP contribution is -2.00. The van der Waals surface area contributed by atoms with Gasteiger partial charge in [0.15, 0.2) is 5.78 Å². The van der Waals surface area contributed by atoms with Crippen molar-refractivity contribution in [2.75, 3.05) is 0 Å². The zero-order chi connectivity index (χ0) is 10.0. The second-order valence-electron chi connectivity index (χ2n) is 3.02. The van der Waals surface area contributed by atoms with Crippen molar-refractivity contribution in [2.45, 2.75) is 13.8 Å². The maximum absolute atomic E-state index is 11.4. The van der Waals surface area contributed by atoms with E-state index in [0.717, 1.165) is 11.1 Å². The molecule has 1 N–H and O–H groups in total. The van der Waals surface area contributed by atoms with Crippen LogP contribution < -0.4 is 0 Å². The molecule has 0 aliphatic carbocycles. The summed E-state index contributed by atoms with van der Waals surface area (Å²) in [4.78, 5) is 11.4. The first-order valence-corrected chi connectivity index (χ1v) is 4.03. The van der Waals surface area contributed by atoms with Gasteiger partial charge in [-0.1, -0.05) is 6.58 Å². The Kier molecular flexibility index (Phi) is 2.52. The number of carbonyl (C=O) groups excluding carboxylic acids is 1. The van der Waals surface area contributed by atoms with E-state index in [9.17, 15) is 9.90 Å². The number of ketones is 1. The molecule has 2 heteroatoms. The molecule has 0 saturated heterocycles.